The highest BCUT2D eigenvalue weighted by atomic mass is 16.6. The molecule has 1 aliphatic rings. The highest BCUT2D eigenvalue weighted by Gasteiger charge is 2.36. The van der Waals surface area contributed by atoms with E-state index in [1.807, 2.05) is 6.92 Å². The minimum atomic E-state index is -0.977. The van der Waals surface area contributed by atoms with Crippen LogP contribution in [0, 0.1) is 0 Å². The van der Waals surface area contributed by atoms with Gasteiger partial charge in [0.2, 0.25) is 5.79 Å². The first-order valence-corrected chi connectivity index (χ1v) is 3.11. The van der Waals surface area contributed by atoms with Crippen molar-refractivity contribution in [3.8, 4) is 0 Å². The summed E-state index contributed by atoms with van der Waals surface area (Å²) in [5.74, 6) is -0.977. The van der Waals surface area contributed by atoms with Gasteiger partial charge in [-0.2, -0.15) is 5.11 Å². The summed E-state index contributed by atoms with van der Waals surface area (Å²) in [6.07, 6.45) is 2.46. The number of hydrogen-bond donors (Lipinski definition) is 0. The molecular weight excluding hydrogens is 104 g/mol. The van der Waals surface area contributed by atoms with Gasteiger partial charge in [-0.25, -0.2) is 0 Å². The number of rotatable bonds is 2. The summed E-state index contributed by atoms with van der Waals surface area (Å²) in [6, 6.07) is 0. The van der Waals surface area contributed by atoms with Crippen LogP contribution in [0.5, 0.6) is 0 Å². The molecule has 0 bridgehead atoms. The van der Waals surface area contributed by atoms with E-state index in [1.165, 1.54) is 0 Å². The van der Waals surface area contributed by atoms with Crippen LogP contribution in [-0.2, 0) is 9.84 Å². The summed E-state index contributed by atoms with van der Waals surface area (Å²) >= 11 is 0. The molecule has 2 heteroatoms. The maximum atomic E-state index is 10.9. The van der Waals surface area contributed by atoms with E-state index >= 15 is 0 Å². The topological polar surface area (TPSA) is 29.1 Å². The van der Waals surface area contributed by atoms with E-state index in [-0.39, 0.29) is 0 Å². The molecule has 0 aromatic rings. The molecule has 0 aromatic carbocycles. The van der Waals surface area contributed by atoms with E-state index < -0.39 is 5.79 Å². The van der Waals surface area contributed by atoms with Gasteiger partial charge < -0.3 is 4.74 Å². The zero-order valence-electron chi connectivity index (χ0n) is 5.14. The fraction of sp³-hybridized carbons (Fsp3) is 1.00. The molecule has 0 N–H and O–H groups in total. The van der Waals surface area contributed by atoms with Crippen LogP contribution in [0.2, 0.25) is 0 Å². The second-order valence-electron chi connectivity index (χ2n) is 2.20. The highest BCUT2D eigenvalue weighted by Crippen LogP contribution is 2.32. The average molecular weight is 115 g/mol. The van der Waals surface area contributed by atoms with Crippen LogP contribution in [0.1, 0.15) is 26.2 Å². The van der Waals surface area contributed by atoms with Gasteiger partial charge in [-0.05, 0) is 13.3 Å². The van der Waals surface area contributed by atoms with Crippen molar-refractivity contribution in [1.29, 1.82) is 0 Å². The smallest absolute Gasteiger partial charge is 0.201 e. The van der Waals surface area contributed by atoms with Crippen molar-refractivity contribution in [3.05, 3.63) is 0 Å². The van der Waals surface area contributed by atoms with E-state index in [4.69, 9.17) is 4.74 Å². The van der Waals surface area contributed by atoms with Crippen molar-refractivity contribution in [3.63, 3.8) is 0 Å². The Bertz CT molecular complexity index is 76.6. The average Bonchev–Trinajstić information content (AvgIpc) is 1.64. The van der Waals surface area contributed by atoms with Crippen LogP contribution in [0.4, 0.5) is 0 Å². The zero-order valence-corrected chi connectivity index (χ0v) is 5.14. The molecule has 1 aliphatic carbocycles. The lowest BCUT2D eigenvalue weighted by molar-refractivity contribution is -0.279. The lowest BCUT2D eigenvalue weighted by atomic mass is 9.92. The predicted molar refractivity (Wildman–Crippen MR) is 28.9 cm³/mol. The Balaban J connectivity index is 2.20. The highest BCUT2D eigenvalue weighted by molar-refractivity contribution is 4.76. The van der Waals surface area contributed by atoms with Gasteiger partial charge in [0.25, 0.3) is 0 Å². The quantitative estimate of drug-likeness (QED) is 0.499. The van der Waals surface area contributed by atoms with Gasteiger partial charge in [0.1, 0.15) is 0 Å². The fourth-order valence-electron chi connectivity index (χ4n) is 0.873. The van der Waals surface area contributed by atoms with Gasteiger partial charge in [-0.1, -0.05) is 0 Å². The third kappa shape index (κ3) is 1.01. The lowest BCUT2D eigenvalue weighted by Gasteiger charge is -2.33. The van der Waals surface area contributed by atoms with Crippen LogP contribution in [0.3, 0.4) is 0 Å². The first-order chi connectivity index (χ1) is 3.77. The molecule has 0 aliphatic heterocycles. The Morgan fingerprint density at radius 2 is 2.25 bits per heavy atom. The molecule has 47 valence electrons. The molecule has 1 fully saturated rings. The Kier molecular flexibility index (Phi) is 1.54. The van der Waals surface area contributed by atoms with Crippen LogP contribution in [0.25, 0.3) is 0 Å². The summed E-state index contributed by atoms with van der Waals surface area (Å²) in [6.45, 7) is 2.42. The molecule has 8 heavy (non-hydrogen) atoms. The maximum absolute atomic E-state index is 10.9. The molecule has 1 radical (unpaired) electrons. The van der Waals surface area contributed by atoms with E-state index in [0.29, 0.717) is 19.4 Å². The van der Waals surface area contributed by atoms with Crippen LogP contribution in [0.15, 0.2) is 0 Å². The van der Waals surface area contributed by atoms with Gasteiger partial charge in [-0.15, -0.1) is 0 Å². The van der Waals surface area contributed by atoms with Gasteiger partial charge in [0.05, 0.1) is 0 Å². The van der Waals surface area contributed by atoms with E-state index in [2.05, 4.69) is 0 Å². The number of hydrogen-bond acceptors (Lipinski definition) is 1. The third-order valence-corrected chi connectivity index (χ3v) is 1.52. The molecule has 0 heterocycles. The Morgan fingerprint density at radius 3 is 2.38 bits per heavy atom. The Morgan fingerprint density at radius 1 is 1.62 bits per heavy atom. The van der Waals surface area contributed by atoms with Crippen LogP contribution in [-0.4, -0.2) is 12.4 Å². The summed E-state index contributed by atoms with van der Waals surface area (Å²) in [4.78, 5) is 0. The summed E-state index contributed by atoms with van der Waals surface area (Å²) in [5, 5.41) is 10.9. The first kappa shape index (κ1) is 6.05. The molecule has 0 spiro atoms. The second-order valence-corrected chi connectivity index (χ2v) is 2.20. The summed E-state index contributed by atoms with van der Waals surface area (Å²) < 4.78 is 4.91. The fourth-order valence-corrected chi connectivity index (χ4v) is 0.873. The lowest BCUT2D eigenvalue weighted by Crippen LogP contribution is -2.38. The van der Waals surface area contributed by atoms with Crippen molar-refractivity contribution < 1.29 is 9.84 Å². The predicted octanol–water partition coefficient (Wildman–Crippen LogP) is 1.33. The van der Waals surface area contributed by atoms with Gasteiger partial charge in [0, 0.05) is 19.4 Å². The molecule has 0 aromatic heterocycles. The molecular formula is C6H11O2. The Hall–Kier alpha value is -0.0800. The van der Waals surface area contributed by atoms with E-state index in [1.54, 1.807) is 0 Å². The minimum absolute atomic E-state index is 0.559. The minimum Gasteiger partial charge on any atom is -0.348 e. The standard InChI is InChI=1S/C6H11O2/c1-2-8-6(7)4-3-5-6/h2-5H2,1H3. The van der Waals surface area contributed by atoms with Gasteiger partial charge in [0.15, 0.2) is 0 Å². The molecule has 1 rings (SSSR count). The van der Waals surface area contributed by atoms with Crippen molar-refractivity contribution in [2.75, 3.05) is 6.61 Å². The van der Waals surface area contributed by atoms with Crippen molar-refractivity contribution >= 4 is 0 Å². The van der Waals surface area contributed by atoms with Crippen molar-refractivity contribution in [2.45, 2.75) is 32.0 Å². The van der Waals surface area contributed by atoms with Gasteiger partial charge in [-0.3, -0.25) is 0 Å². The normalized spacial score (nSPS) is 24.8. The molecule has 0 atom stereocenters. The van der Waals surface area contributed by atoms with Gasteiger partial charge >= 0.3 is 0 Å². The molecule has 0 amide bonds. The Labute approximate surface area is 49.5 Å². The maximum Gasteiger partial charge on any atom is 0.201 e. The van der Waals surface area contributed by atoms with E-state index in [9.17, 15) is 5.11 Å². The molecule has 0 unspecified atom stereocenters. The summed E-state index contributed by atoms with van der Waals surface area (Å²) in [5.41, 5.74) is 0. The van der Waals surface area contributed by atoms with Crippen molar-refractivity contribution in [1.82, 2.24) is 0 Å². The van der Waals surface area contributed by atoms with Crippen LogP contribution < -0.4 is 0 Å². The van der Waals surface area contributed by atoms with E-state index in [0.717, 1.165) is 6.42 Å². The third-order valence-electron chi connectivity index (χ3n) is 1.52. The zero-order chi connectivity index (χ0) is 6.04. The molecule has 1 saturated carbocycles. The first-order valence-electron chi connectivity index (χ1n) is 3.11. The largest absolute Gasteiger partial charge is 0.348 e. The summed E-state index contributed by atoms with van der Waals surface area (Å²) in [7, 11) is 0. The monoisotopic (exact) mass is 115 g/mol. The number of ether oxygens (including phenoxy) is 1. The van der Waals surface area contributed by atoms with Crippen LogP contribution >= 0.6 is 0 Å². The second kappa shape index (κ2) is 2.03. The molecule has 0 saturated heterocycles. The van der Waals surface area contributed by atoms with Crippen molar-refractivity contribution in [2.24, 2.45) is 0 Å². The SMILES string of the molecule is CCOC1([O])CCC1. The molecule has 2 nitrogen and oxygen atoms in total.